The Morgan fingerprint density at radius 3 is 2.26 bits per heavy atom. The van der Waals surface area contributed by atoms with Crippen LogP contribution in [0.25, 0.3) is 6.08 Å². The van der Waals surface area contributed by atoms with Crippen LogP contribution in [-0.2, 0) is 0 Å². The van der Waals surface area contributed by atoms with E-state index in [1.807, 2.05) is 57.2 Å². The highest BCUT2D eigenvalue weighted by atomic mass is 16.5. The summed E-state index contributed by atoms with van der Waals surface area (Å²) in [4.78, 5) is 0. The molecule has 0 aliphatic heterocycles. The van der Waals surface area contributed by atoms with E-state index in [1.54, 1.807) is 12.2 Å². The molecule has 19 heavy (non-hydrogen) atoms. The molecule has 0 aliphatic rings. The van der Waals surface area contributed by atoms with E-state index in [0.29, 0.717) is 5.57 Å². The van der Waals surface area contributed by atoms with Gasteiger partial charge in [0, 0.05) is 6.08 Å². The Hall–Kier alpha value is -2.52. The third-order valence-corrected chi connectivity index (χ3v) is 2.11. The topological polar surface area (TPSA) is 56.8 Å². The number of nitrogens with zero attached hydrogens (tertiary/aromatic N) is 2. The molecule has 1 rings (SSSR count). The molecule has 0 atom stereocenters. The van der Waals surface area contributed by atoms with Crippen LogP contribution in [0.2, 0.25) is 0 Å². The highest BCUT2D eigenvalue weighted by molar-refractivity contribution is 5.56. The smallest absolute Gasteiger partial charge is 0.120 e. The molecular weight excluding hydrogens is 236 g/mol. The lowest BCUT2D eigenvalue weighted by Crippen LogP contribution is -2.22. The maximum absolute atomic E-state index is 8.77. The number of rotatable bonds is 3. The molecule has 96 valence electrons. The lowest BCUT2D eigenvalue weighted by Gasteiger charge is -2.21. The zero-order valence-corrected chi connectivity index (χ0v) is 11.3. The number of nitriles is 2. The summed E-state index contributed by atoms with van der Waals surface area (Å²) in [6, 6.07) is 11.3. The van der Waals surface area contributed by atoms with Crippen molar-refractivity contribution in [3.63, 3.8) is 0 Å². The van der Waals surface area contributed by atoms with Gasteiger partial charge < -0.3 is 4.74 Å². The van der Waals surface area contributed by atoms with Crippen LogP contribution in [0, 0.1) is 22.7 Å². The van der Waals surface area contributed by atoms with Crippen molar-refractivity contribution in [3.05, 3.63) is 47.6 Å². The summed E-state index contributed by atoms with van der Waals surface area (Å²) < 4.78 is 5.71. The predicted octanol–water partition coefficient (Wildman–Crippen LogP) is 3.85. The maximum Gasteiger partial charge on any atom is 0.120 e. The summed E-state index contributed by atoms with van der Waals surface area (Å²) in [5.74, 6) is 0.803. The van der Waals surface area contributed by atoms with Crippen molar-refractivity contribution >= 4 is 6.08 Å². The molecule has 0 aromatic heterocycles. The first-order valence-electron chi connectivity index (χ1n) is 5.91. The molecule has 0 heterocycles. The van der Waals surface area contributed by atoms with Crippen LogP contribution in [0.5, 0.6) is 5.75 Å². The van der Waals surface area contributed by atoms with E-state index in [4.69, 9.17) is 15.3 Å². The predicted molar refractivity (Wildman–Crippen MR) is 75.2 cm³/mol. The third-order valence-electron chi connectivity index (χ3n) is 2.11. The van der Waals surface area contributed by atoms with Gasteiger partial charge in [-0.05, 0) is 44.5 Å². The summed E-state index contributed by atoms with van der Waals surface area (Å²) in [5.41, 5.74) is 1.05. The average Bonchev–Trinajstić information content (AvgIpc) is 2.34. The standard InChI is InChI=1S/C16H16N2O/c1-16(2,3)19-15-8-6-13(7-9-15)4-5-14(12-18)10-11-17/h4-10H,1-3H3. The normalized spacial score (nSPS) is 11.9. The molecule has 0 saturated heterocycles. The fraction of sp³-hybridized carbons (Fsp3) is 0.250. The second-order valence-corrected chi connectivity index (χ2v) is 4.96. The van der Waals surface area contributed by atoms with Crippen LogP contribution in [0.15, 0.2) is 42.0 Å². The molecule has 0 spiro atoms. The zero-order chi connectivity index (χ0) is 14.3. The van der Waals surface area contributed by atoms with Gasteiger partial charge in [0.2, 0.25) is 0 Å². The van der Waals surface area contributed by atoms with E-state index in [1.165, 1.54) is 6.08 Å². The summed E-state index contributed by atoms with van der Waals surface area (Å²) in [6.45, 7) is 5.98. The molecule has 0 radical (unpaired) electrons. The van der Waals surface area contributed by atoms with Crippen LogP contribution in [0.3, 0.4) is 0 Å². The Labute approximate surface area is 114 Å². The minimum atomic E-state index is -0.221. The van der Waals surface area contributed by atoms with Crippen molar-refractivity contribution in [1.82, 2.24) is 0 Å². The Bertz CT molecular complexity index is 561. The monoisotopic (exact) mass is 252 g/mol. The molecule has 0 bridgehead atoms. The van der Waals surface area contributed by atoms with Crippen LogP contribution < -0.4 is 4.74 Å². The second-order valence-electron chi connectivity index (χ2n) is 4.96. The highest BCUT2D eigenvalue weighted by Gasteiger charge is 2.10. The Morgan fingerprint density at radius 1 is 1.16 bits per heavy atom. The summed E-state index contributed by atoms with van der Waals surface area (Å²) in [5, 5.41) is 17.2. The number of hydrogen-bond acceptors (Lipinski definition) is 3. The molecule has 0 unspecified atom stereocenters. The first-order chi connectivity index (χ1) is 8.94. The van der Waals surface area contributed by atoms with Crippen LogP contribution in [0.4, 0.5) is 0 Å². The fourth-order valence-corrected chi connectivity index (χ4v) is 1.37. The molecule has 3 heteroatoms. The maximum atomic E-state index is 8.77. The van der Waals surface area contributed by atoms with Gasteiger partial charge in [-0.1, -0.05) is 18.2 Å². The molecule has 0 fully saturated rings. The largest absolute Gasteiger partial charge is 0.488 e. The van der Waals surface area contributed by atoms with Gasteiger partial charge >= 0.3 is 0 Å². The average molecular weight is 252 g/mol. The van der Waals surface area contributed by atoms with Crippen molar-refractivity contribution in [2.45, 2.75) is 26.4 Å². The van der Waals surface area contributed by atoms with Gasteiger partial charge in [-0.2, -0.15) is 10.5 Å². The first-order valence-corrected chi connectivity index (χ1v) is 5.91. The van der Waals surface area contributed by atoms with E-state index in [-0.39, 0.29) is 5.60 Å². The van der Waals surface area contributed by atoms with Crippen molar-refractivity contribution in [2.75, 3.05) is 0 Å². The van der Waals surface area contributed by atoms with Crippen LogP contribution in [-0.4, -0.2) is 5.60 Å². The van der Waals surface area contributed by atoms with Crippen molar-refractivity contribution in [1.29, 1.82) is 10.5 Å². The van der Waals surface area contributed by atoms with Gasteiger partial charge in [0.1, 0.15) is 11.4 Å². The SMILES string of the molecule is CC(C)(C)Oc1ccc(C=CC(C#N)=CC#N)cc1. The second kappa shape index (κ2) is 6.42. The van der Waals surface area contributed by atoms with Crippen molar-refractivity contribution in [3.8, 4) is 17.9 Å². The lowest BCUT2D eigenvalue weighted by atomic mass is 10.1. The molecule has 1 aromatic rings. The number of benzene rings is 1. The van der Waals surface area contributed by atoms with E-state index in [9.17, 15) is 0 Å². The van der Waals surface area contributed by atoms with Gasteiger partial charge in [0.25, 0.3) is 0 Å². The molecule has 0 aliphatic carbocycles. The van der Waals surface area contributed by atoms with Crippen molar-refractivity contribution < 1.29 is 4.74 Å². The highest BCUT2D eigenvalue weighted by Crippen LogP contribution is 2.19. The molecular formula is C16H16N2O. The van der Waals surface area contributed by atoms with E-state index >= 15 is 0 Å². The minimum Gasteiger partial charge on any atom is -0.488 e. The minimum absolute atomic E-state index is 0.221. The Balaban J connectivity index is 2.79. The number of hydrogen-bond donors (Lipinski definition) is 0. The number of allylic oxidation sites excluding steroid dienone is 3. The van der Waals surface area contributed by atoms with Gasteiger partial charge in [0.15, 0.2) is 0 Å². The summed E-state index contributed by atoms with van der Waals surface area (Å²) >= 11 is 0. The molecule has 0 amide bonds. The van der Waals surface area contributed by atoms with E-state index in [2.05, 4.69) is 0 Å². The Kier molecular flexibility index (Phi) is 4.92. The van der Waals surface area contributed by atoms with Gasteiger partial charge in [-0.25, -0.2) is 0 Å². The Morgan fingerprint density at radius 2 is 1.79 bits per heavy atom. The molecule has 0 N–H and O–H groups in total. The van der Waals surface area contributed by atoms with Crippen LogP contribution >= 0.6 is 0 Å². The van der Waals surface area contributed by atoms with E-state index < -0.39 is 0 Å². The lowest BCUT2D eigenvalue weighted by molar-refractivity contribution is 0.131. The van der Waals surface area contributed by atoms with E-state index in [0.717, 1.165) is 11.3 Å². The molecule has 0 saturated carbocycles. The van der Waals surface area contributed by atoms with Crippen LogP contribution in [0.1, 0.15) is 26.3 Å². The summed E-state index contributed by atoms with van der Waals surface area (Å²) in [7, 11) is 0. The summed E-state index contributed by atoms with van der Waals surface area (Å²) in [6.07, 6.45) is 4.61. The number of ether oxygens (including phenoxy) is 1. The van der Waals surface area contributed by atoms with Gasteiger partial charge in [-0.15, -0.1) is 0 Å². The molecule has 1 aromatic carbocycles. The third kappa shape index (κ3) is 5.57. The molecule has 3 nitrogen and oxygen atoms in total. The fourth-order valence-electron chi connectivity index (χ4n) is 1.37. The zero-order valence-electron chi connectivity index (χ0n) is 11.3. The quantitative estimate of drug-likeness (QED) is 0.606. The first kappa shape index (κ1) is 14.5. The van der Waals surface area contributed by atoms with Gasteiger partial charge in [0.05, 0.1) is 17.7 Å². The van der Waals surface area contributed by atoms with Crippen molar-refractivity contribution in [2.24, 2.45) is 0 Å². The van der Waals surface area contributed by atoms with Gasteiger partial charge in [-0.3, -0.25) is 0 Å².